The van der Waals surface area contributed by atoms with Gasteiger partial charge in [0.1, 0.15) is 11.8 Å². The Bertz CT molecular complexity index is 1220. The average molecular weight is 627 g/mol. The number of rotatable bonds is 14. The third kappa shape index (κ3) is 5.79. The monoisotopic (exact) mass is 626 g/mol. The van der Waals surface area contributed by atoms with Crippen LogP contribution in [0.3, 0.4) is 0 Å². The Labute approximate surface area is 265 Å². The topological polar surface area (TPSA) is 103 Å². The van der Waals surface area contributed by atoms with E-state index in [1.807, 2.05) is 31.2 Å². The number of carbonyl (C=O) groups is 3. The summed E-state index contributed by atoms with van der Waals surface area (Å²) in [5.41, 5.74) is 0.707. The van der Waals surface area contributed by atoms with Gasteiger partial charge in [0.15, 0.2) is 0 Å². The molecule has 0 saturated carbocycles. The molecule has 4 saturated heterocycles. The normalized spacial score (nSPS) is 29.4. The summed E-state index contributed by atoms with van der Waals surface area (Å²) in [5.74, 6) is -0.971. The van der Waals surface area contributed by atoms with E-state index >= 15 is 0 Å². The lowest BCUT2D eigenvalue weighted by Crippen LogP contribution is -2.58. The molecule has 3 unspecified atom stereocenters. The van der Waals surface area contributed by atoms with Crippen molar-refractivity contribution in [1.29, 1.82) is 0 Å². The van der Waals surface area contributed by atoms with Crippen molar-refractivity contribution in [1.82, 2.24) is 14.7 Å². The van der Waals surface area contributed by atoms with Crippen molar-refractivity contribution >= 4 is 35.2 Å². The zero-order chi connectivity index (χ0) is 31.4. The van der Waals surface area contributed by atoms with Gasteiger partial charge in [-0.3, -0.25) is 19.3 Å². The number of anilines is 1. The highest BCUT2D eigenvalue weighted by molar-refractivity contribution is 8.02. The number of morpholine rings is 1. The molecule has 4 aliphatic rings. The van der Waals surface area contributed by atoms with Crippen molar-refractivity contribution in [3.05, 3.63) is 49.6 Å². The molecule has 4 heterocycles. The smallest absolute Gasteiger partial charge is 0.247 e. The molecule has 1 aromatic carbocycles. The number of nitrogens with zero attached hydrogens (tertiary/aromatic N) is 4. The summed E-state index contributed by atoms with van der Waals surface area (Å²) in [6.45, 7) is 17.0. The Balaban J connectivity index is 1.46. The van der Waals surface area contributed by atoms with Crippen LogP contribution in [-0.4, -0.2) is 126 Å². The van der Waals surface area contributed by atoms with Gasteiger partial charge < -0.3 is 29.3 Å². The van der Waals surface area contributed by atoms with E-state index in [0.717, 1.165) is 25.3 Å². The average Bonchev–Trinajstić information content (AvgIpc) is 3.62. The molecule has 4 aliphatic heterocycles. The first-order chi connectivity index (χ1) is 21.3. The highest BCUT2D eigenvalue weighted by Gasteiger charge is 2.76. The number of likely N-dealkylation sites (tertiary alicyclic amines) is 1. The van der Waals surface area contributed by atoms with E-state index < -0.39 is 22.6 Å². The van der Waals surface area contributed by atoms with Gasteiger partial charge in [0, 0.05) is 56.8 Å². The van der Waals surface area contributed by atoms with Gasteiger partial charge in [-0.05, 0) is 43.5 Å². The van der Waals surface area contributed by atoms with Gasteiger partial charge in [-0.2, -0.15) is 0 Å². The molecule has 0 radical (unpaired) electrons. The quantitative estimate of drug-likeness (QED) is 0.314. The van der Waals surface area contributed by atoms with Crippen molar-refractivity contribution in [2.45, 2.75) is 36.3 Å². The fourth-order valence-electron chi connectivity index (χ4n) is 7.66. The predicted molar refractivity (Wildman–Crippen MR) is 172 cm³/mol. The second kappa shape index (κ2) is 14.1. The predicted octanol–water partition coefficient (Wildman–Crippen LogP) is 2.28. The minimum atomic E-state index is -0.766. The first kappa shape index (κ1) is 32.5. The first-order valence-corrected chi connectivity index (χ1v) is 16.6. The molecule has 5 rings (SSSR count). The van der Waals surface area contributed by atoms with Crippen LogP contribution in [0.25, 0.3) is 0 Å². The molecule has 1 N–H and O–H groups in total. The summed E-state index contributed by atoms with van der Waals surface area (Å²) in [6, 6.07) is 6.62. The number of carbonyl (C=O) groups excluding carboxylic acids is 3. The Morgan fingerprint density at radius 1 is 1.14 bits per heavy atom. The summed E-state index contributed by atoms with van der Waals surface area (Å²) in [6.07, 6.45) is 4.15. The molecule has 3 amide bonds. The van der Waals surface area contributed by atoms with Gasteiger partial charge in [0.2, 0.25) is 17.7 Å². The number of aliphatic hydroxyl groups is 1. The summed E-state index contributed by atoms with van der Waals surface area (Å²) < 4.78 is 10.3. The molecule has 1 spiro atoms. The van der Waals surface area contributed by atoms with Crippen molar-refractivity contribution in [3.63, 3.8) is 0 Å². The molecule has 0 aliphatic carbocycles. The summed E-state index contributed by atoms with van der Waals surface area (Å²) >= 11 is 1.65. The molecule has 240 valence electrons. The molecule has 10 nitrogen and oxygen atoms in total. The molecular weight excluding hydrogens is 580 g/mol. The molecule has 6 atom stereocenters. The molecule has 44 heavy (non-hydrogen) atoms. The van der Waals surface area contributed by atoms with Gasteiger partial charge in [-0.25, -0.2) is 0 Å². The lowest BCUT2D eigenvalue weighted by Gasteiger charge is -2.41. The number of amides is 3. The standard InChI is InChI=1S/C33H46N4O6S/c1-5-12-35(15-14-34-17-20-42-21-18-34)32(41)29-33-23(4)22-26(44-33)27(28(33)31(40)37(29)16-19-38)30(39)36(13-6-2)24-8-10-25(11-9-24)43-7-3/h5-6,8-11,23,26-29,38H,1-2,7,12-22H2,3-4H3/t23?,26-,27+,28-,29?,33?/m0/s1. The van der Waals surface area contributed by atoms with Crippen LogP contribution in [0.5, 0.6) is 5.75 Å². The van der Waals surface area contributed by atoms with Crippen molar-refractivity contribution in [2.24, 2.45) is 17.8 Å². The molecule has 0 aromatic heterocycles. The Morgan fingerprint density at radius 2 is 1.84 bits per heavy atom. The minimum Gasteiger partial charge on any atom is -0.494 e. The number of fused-ring (bicyclic) bond motifs is 1. The van der Waals surface area contributed by atoms with Gasteiger partial charge >= 0.3 is 0 Å². The van der Waals surface area contributed by atoms with Gasteiger partial charge in [-0.1, -0.05) is 19.1 Å². The first-order valence-electron chi connectivity index (χ1n) is 15.8. The number of benzene rings is 1. The lowest BCUT2D eigenvalue weighted by molar-refractivity contribution is -0.143. The lowest BCUT2D eigenvalue weighted by atomic mass is 9.65. The van der Waals surface area contributed by atoms with Crippen LogP contribution in [0.1, 0.15) is 20.3 Å². The highest BCUT2D eigenvalue weighted by atomic mass is 32.2. The summed E-state index contributed by atoms with van der Waals surface area (Å²) in [5, 5.41) is 9.95. The molecule has 2 bridgehead atoms. The number of thioether (sulfide) groups is 1. The Hall–Kier alpha value is -2.86. The fraction of sp³-hybridized carbons (Fsp3) is 0.606. The number of aliphatic hydroxyl groups excluding tert-OH is 1. The van der Waals surface area contributed by atoms with Gasteiger partial charge in [0.05, 0.1) is 43.0 Å². The van der Waals surface area contributed by atoms with E-state index in [-0.39, 0.29) is 42.0 Å². The SMILES string of the molecule is C=CCN(CCN1CCOCC1)C(=O)C1N(CCO)C(=O)[C@@H]2[C@H](C(=O)N(CC=C)c3ccc(OCC)cc3)[C@@H]3CC(C)C12S3. The van der Waals surface area contributed by atoms with Crippen LogP contribution >= 0.6 is 11.8 Å². The van der Waals surface area contributed by atoms with Crippen LogP contribution in [0.15, 0.2) is 49.6 Å². The third-order valence-corrected chi connectivity index (χ3v) is 11.7. The van der Waals surface area contributed by atoms with E-state index in [2.05, 4.69) is 25.0 Å². The van der Waals surface area contributed by atoms with Crippen LogP contribution in [0.4, 0.5) is 5.69 Å². The number of β-amino-alcohol motifs (C(OH)–C–C–N with tert-alkyl or cyclic N) is 1. The second-order valence-corrected chi connectivity index (χ2v) is 13.5. The van der Waals surface area contributed by atoms with E-state index in [0.29, 0.717) is 51.7 Å². The maximum absolute atomic E-state index is 14.6. The van der Waals surface area contributed by atoms with Crippen molar-refractivity contribution in [2.75, 3.05) is 77.1 Å². The zero-order valence-electron chi connectivity index (χ0n) is 25.9. The number of ether oxygens (including phenoxy) is 2. The Morgan fingerprint density at radius 3 is 2.48 bits per heavy atom. The van der Waals surface area contributed by atoms with Crippen LogP contribution < -0.4 is 9.64 Å². The van der Waals surface area contributed by atoms with E-state index in [4.69, 9.17) is 9.47 Å². The fourth-order valence-corrected chi connectivity index (χ4v) is 10.1. The zero-order valence-corrected chi connectivity index (χ0v) is 26.8. The Kier molecular flexibility index (Phi) is 10.4. The van der Waals surface area contributed by atoms with Gasteiger partial charge in [-0.15, -0.1) is 24.9 Å². The van der Waals surface area contributed by atoms with Crippen LogP contribution in [-0.2, 0) is 19.1 Å². The maximum Gasteiger partial charge on any atom is 0.247 e. The highest BCUT2D eigenvalue weighted by Crippen LogP contribution is 2.69. The third-order valence-electron chi connectivity index (χ3n) is 9.59. The van der Waals surface area contributed by atoms with E-state index in [1.54, 1.807) is 38.6 Å². The largest absolute Gasteiger partial charge is 0.494 e. The van der Waals surface area contributed by atoms with Crippen LogP contribution in [0, 0.1) is 17.8 Å². The van der Waals surface area contributed by atoms with E-state index in [1.165, 1.54) is 0 Å². The summed E-state index contributed by atoms with van der Waals surface area (Å²) in [7, 11) is 0. The second-order valence-electron chi connectivity index (χ2n) is 12.0. The van der Waals surface area contributed by atoms with Gasteiger partial charge in [0.25, 0.3) is 0 Å². The van der Waals surface area contributed by atoms with Crippen molar-refractivity contribution < 1.29 is 29.0 Å². The molecule has 4 fully saturated rings. The van der Waals surface area contributed by atoms with E-state index in [9.17, 15) is 19.5 Å². The summed E-state index contributed by atoms with van der Waals surface area (Å²) in [4.78, 5) is 50.7. The minimum absolute atomic E-state index is 0.0382. The van der Waals surface area contributed by atoms with Crippen LogP contribution in [0.2, 0.25) is 0 Å². The number of hydrogen-bond donors (Lipinski definition) is 1. The molecular formula is C33H46N4O6S. The maximum atomic E-state index is 14.6. The number of hydrogen-bond acceptors (Lipinski definition) is 8. The molecule has 1 aromatic rings. The molecule has 11 heteroatoms. The van der Waals surface area contributed by atoms with Crippen molar-refractivity contribution in [3.8, 4) is 5.75 Å².